The zero-order chi connectivity index (χ0) is 12.5. The molecule has 1 aromatic rings. The minimum Gasteiger partial charge on any atom is -0.392 e. The molecule has 0 aromatic heterocycles. The second kappa shape index (κ2) is 5.22. The van der Waals surface area contributed by atoms with Gasteiger partial charge in [0, 0.05) is 28.3 Å². The third kappa shape index (κ3) is 2.19. The van der Waals surface area contributed by atoms with Crippen molar-refractivity contribution in [2.24, 2.45) is 5.92 Å². The molecule has 3 heteroatoms. The number of rotatable bonds is 2. The summed E-state index contributed by atoms with van der Waals surface area (Å²) in [5, 5.41) is 9.55. The maximum atomic E-state index is 9.55. The van der Waals surface area contributed by atoms with Gasteiger partial charge in [0.05, 0.1) is 6.61 Å². The molecule has 18 heavy (non-hydrogen) atoms. The van der Waals surface area contributed by atoms with E-state index in [1.807, 2.05) is 6.07 Å². The van der Waals surface area contributed by atoms with Gasteiger partial charge in [-0.3, -0.25) is 0 Å². The Kier molecular flexibility index (Phi) is 3.62. The molecular weight excluding hydrogens is 290 g/mol. The first-order chi connectivity index (χ1) is 8.79. The van der Waals surface area contributed by atoms with E-state index in [-0.39, 0.29) is 6.61 Å². The zero-order valence-corrected chi connectivity index (χ0v) is 12.2. The number of halogens is 1. The van der Waals surface area contributed by atoms with Crippen LogP contribution in [0, 0.1) is 5.92 Å². The fourth-order valence-electron chi connectivity index (χ4n) is 3.67. The predicted molar refractivity (Wildman–Crippen MR) is 77.8 cm³/mol. The Bertz CT molecular complexity index is 435. The average Bonchev–Trinajstić information content (AvgIpc) is 2.82. The molecule has 0 amide bonds. The third-order valence-corrected chi connectivity index (χ3v) is 5.02. The molecule has 98 valence electrons. The summed E-state index contributed by atoms with van der Waals surface area (Å²) in [7, 11) is 0. The van der Waals surface area contributed by atoms with Gasteiger partial charge in [-0.15, -0.1) is 0 Å². The highest BCUT2D eigenvalue weighted by Crippen LogP contribution is 2.40. The number of fused-ring (bicyclic) bond motifs is 1. The molecule has 1 aliphatic carbocycles. The molecule has 2 nitrogen and oxygen atoms in total. The molecule has 3 rings (SSSR count). The second-order valence-electron chi connectivity index (χ2n) is 5.53. The zero-order valence-electron chi connectivity index (χ0n) is 10.6. The van der Waals surface area contributed by atoms with Crippen molar-refractivity contribution < 1.29 is 5.11 Å². The van der Waals surface area contributed by atoms with Crippen LogP contribution in [0.25, 0.3) is 0 Å². The van der Waals surface area contributed by atoms with E-state index >= 15 is 0 Å². The lowest BCUT2D eigenvalue weighted by atomic mass is 9.85. The highest BCUT2D eigenvalue weighted by molar-refractivity contribution is 9.10. The van der Waals surface area contributed by atoms with Crippen LogP contribution in [0.2, 0.25) is 0 Å². The lowest BCUT2D eigenvalue weighted by molar-refractivity contribution is 0.281. The van der Waals surface area contributed by atoms with Gasteiger partial charge in [-0.2, -0.15) is 0 Å². The molecule has 2 unspecified atom stereocenters. The van der Waals surface area contributed by atoms with Gasteiger partial charge in [0.2, 0.25) is 0 Å². The van der Waals surface area contributed by atoms with Crippen LogP contribution in [0.3, 0.4) is 0 Å². The van der Waals surface area contributed by atoms with Gasteiger partial charge >= 0.3 is 0 Å². The predicted octanol–water partition coefficient (Wildman–Crippen LogP) is 3.71. The van der Waals surface area contributed by atoms with Crippen molar-refractivity contribution in [3.05, 3.63) is 28.2 Å². The van der Waals surface area contributed by atoms with E-state index in [0.717, 1.165) is 22.5 Å². The fraction of sp³-hybridized carbons (Fsp3) is 0.600. The molecule has 0 spiro atoms. The van der Waals surface area contributed by atoms with Crippen LogP contribution < -0.4 is 4.90 Å². The first-order valence-electron chi connectivity index (χ1n) is 6.95. The van der Waals surface area contributed by atoms with Gasteiger partial charge < -0.3 is 10.0 Å². The Morgan fingerprint density at radius 3 is 2.89 bits per heavy atom. The molecule has 0 radical (unpaired) electrons. The third-order valence-electron chi connectivity index (χ3n) is 4.53. The van der Waals surface area contributed by atoms with Crippen molar-refractivity contribution >= 4 is 21.6 Å². The van der Waals surface area contributed by atoms with Gasteiger partial charge in [-0.05, 0) is 43.4 Å². The highest BCUT2D eigenvalue weighted by atomic mass is 79.9. The van der Waals surface area contributed by atoms with E-state index in [0.29, 0.717) is 6.04 Å². The van der Waals surface area contributed by atoms with Gasteiger partial charge in [0.15, 0.2) is 0 Å². The van der Waals surface area contributed by atoms with Crippen LogP contribution in [0.4, 0.5) is 5.69 Å². The standard InChI is InChI=1S/C15H20BrNO/c16-13-5-6-15(12(9-13)10-18)17-8-7-11-3-1-2-4-14(11)17/h5-6,9,11,14,18H,1-4,7-8,10H2. The van der Waals surface area contributed by atoms with E-state index in [1.165, 1.54) is 37.8 Å². The van der Waals surface area contributed by atoms with E-state index in [4.69, 9.17) is 0 Å². The molecule has 2 aliphatic rings. The number of anilines is 1. The largest absolute Gasteiger partial charge is 0.392 e. The monoisotopic (exact) mass is 309 g/mol. The maximum absolute atomic E-state index is 9.55. The first kappa shape index (κ1) is 12.5. The van der Waals surface area contributed by atoms with E-state index in [9.17, 15) is 5.11 Å². The maximum Gasteiger partial charge on any atom is 0.0702 e. The van der Waals surface area contributed by atoms with E-state index in [2.05, 4.69) is 33.0 Å². The molecule has 1 N–H and O–H groups in total. The number of aliphatic hydroxyl groups excluding tert-OH is 1. The molecule has 1 saturated heterocycles. The number of aliphatic hydroxyl groups is 1. The Morgan fingerprint density at radius 2 is 2.06 bits per heavy atom. The van der Waals surface area contributed by atoms with Gasteiger partial charge in [-0.1, -0.05) is 28.8 Å². The highest BCUT2D eigenvalue weighted by Gasteiger charge is 2.36. The van der Waals surface area contributed by atoms with Crippen molar-refractivity contribution in [1.29, 1.82) is 0 Å². The van der Waals surface area contributed by atoms with Crippen molar-refractivity contribution in [2.45, 2.75) is 44.8 Å². The molecule has 2 fully saturated rings. The molecular formula is C15H20BrNO. The lowest BCUT2D eigenvalue weighted by Crippen LogP contribution is -2.35. The van der Waals surface area contributed by atoms with Crippen LogP contribution in [-0.4, -0.2) is 17.7 Å². The average molecular weight is 310 g/mol. The van der Waals surface area contributed by atoms with Crippen LogP contribution in [0.5, 0.6) is 0 Å². The van der Waals surface area contributed by atoms with Crippen molar-refractivity contribution in [2.75, 3.05) is 11.4 Å². The number of hydrogen-bond donors (Lipinski definition) is 1. The summed E-state index contributed by atoms with van der Waals surface area (Å²) in [6, 6.07) is 7.01. The fourth-order valence-corrected chi connectivity index (χ4v) is 4.07. The summed E-state index contributed by atoms with van der Waals surface area (Å²) in [5.41, 5.74) is 2.30. The van der Waals surface area contributed by atoms with Crippen LogP contribution in [-0.2, 0) is 6.61 Å². The Morgan fingerprint density at radius 1 is 1.22 bits per heavy atom. The lowest BCUT2D eigenvalue weighted by Gasteiger charge is -2.34. The summed E-state index contributed by atoms with van der Waals surface area (Å²) in [6.45, 7) is 1.28. The summed E-state index contributed by atoms with van der Waals surface area (Å²) in [6.07, 6.45) is 6.81. The van der Waals surface area contributed by atoms with E-state index < -0.39 is 0 Å². The first-order valence-corrected chi connectivity index (χ1v) is 7.75. The number of benzene rings is 1. The minimum atomic E-state index is 0.128. The molecule has 1 saturated carbocycles. The minimum absolute atomic E-state index is 0.128. The Labute approximate surface area is 117 Å². The van der Waals surface area contributed by atoms with Gasteiger partial charge in [0.25, 0.3) is 0 Å². The summed E-state index contributed by atoms with van der Waals surface area (Å²) >= 11 is 3.48. The molecule has 1 heterocycles. The van der Waals surface area contributed by atoms with Crippen LogP contribution >= 0.6 is 15.9 Å². The van der Waals surface area contributed by atoms with Crippen LogP contribution in [0.1, 0.15) is 37.7 Å². The quantitative estimate of drug-likeness (QED) is 0.900. The van der Waals surface area contributed by atoms with Gasteiger partial charge in [0.1, 0.15) is 0 Å². The summed E-state index contributed by atoms with van der Waals surface area (Å²) < 4.78 is 1.05. The van der Waals surface area contributed by atoms with E-state index in [1.54, 1.807) is 0 Å². The van der Waals surface area contributed by atoms with Crippen molar-refractivity contribution in [3.8, 4) is 0 Å². The molecule has 0 bridgehead atoms. The van der Waals surface area contributed by atoms with Crippen molar-refractivity contribution in [1.82, 2.24) is 0 Å². The summed E-state index contributed by atoms with van der Waals surface area (Å²) in [4.78, 5) is 2.54. The molecule has 1 aliphatic heterocycles. The Balaban J connectivity index is 1.90. The van der Waals surface area contributed by atoms with Crippen LogP contribution in [0.15, 0.2) is 22.7 Å². The summed E-state index contributed by atoms with van der Waals surface area (Å²) in [5.74, 6) is 0.883. The number of hydrogen-bond acceptors (Lipinski definition) is 2. The Hall–Kier alpha value is -0.540. The molecule has 2 atom stereocenters. The smallest absolute Gasteiger partial charge is 0.0702 e. The molecule has 1 aromatic carbocycles. The van der Waals surface area contributed by atoms with Gasteiger partial charge in [-0.25, -0.2) is 0 Å². The second-order valence-corrected chi connectivity index (χ2v) is 6.44. The van der Waals surface area contributed by atoms with Crippen molar-refractivity contribution in [3.63, 3.8) is 0 Å². The number of nitrogens with zero attached hydrogens (tertiary/aromatic N) is 1. The topological polar surface area (TPSA) is 23.5 Å². The normalized spacial score (nSPS) is 27.3. The SMILES string of the molecule is OCc1cc(Br)ccc1N1CCC2CCCCC21.